The zero-order valence-electron chi connectivity index (χ0n) is 16.7. The minimum absolute atomic E-state index is 0.143. The van der Waals surface area contributed by atoms with Crippen LogP contribution in [0.4, 0.5) is 0 Å². The predicted octanol–water partition coefficient (Wildman–Crippen LogP) is 3.54. The minimum atomic E-state index is -3.56. The molecule has 9 heteroatoms. The zero-order valence-corrected chi connectivity index (χ0v) is 18.3. The Morgan fingerprint density at radius 3 is 2.41 bits per heavy atom. The molecule has 3 aromatic rings. The van der Waals surface area contributed by atoms with Crippen LogP contribution in [0.25, 0.3) is 11.4 Å². The van der Waals surface area contributed by atoms with Gasteiger partial charge in [0.2, 0.25) is 15.2 Å². The summed E-state index contributed by atoms with van der Waals surface area (Å²) in [5, 5.41) is 9.11. The van der Waals surface area contributed by atoms with Crippen LogP contribution in [0.5, 0.6) is 0 Å². The molecule has 0 saturated heterocycles. The number of hydrogen-bond acceptors (Lipinski definition) is 6. The van der Waals surface area contributed by atoms with E-state index in [0.29, 0.717) is 29.6 Å². The summed E-state index contributed by atoms with van der Waals surface area (Å²) < 4.78 is 28.5. The molecule has 2 aromatic carbocycles. The van der Waals surface area contributed by atoms with Gasteiger partial charge in [-0.25, -0.2) is 13.1 Å². The Hall–Kier alpha value is -2.36. The minimum Gasteiger partial charge on any atom is -0.335 e. The van der Waals surface area contributed by atoms with Gasteiger partial charge in [-0.15, -0.1) is 10.2 Å². The van der Waals surface area contributed by atoms with Crippen molar-refractivity contribution in [2.24, 2.45) is 0 Å². The molecule has 1 atom stereocenters. The van der Waals surface area contributed by atoms with Crippen molar-refractivity contribution in [2.45, 2.75) is 36.1 Å². The second kappa shape index (κ2) is 8.98. The molecule has 2 N–H and O–H groups in total. The second-order valence-corrected chi connectivity index (χ2v) is 9.71. The standard InChI is InChI=1S/C20H25N5O2S2/c1-4-24(5-2)29(26,27)18-13-9-12-17(14-18)19-22-23-20(25(19)21)28-15(3)16-10-7-6-8-11-16/h6-15H,4-5,21H2,1-3H3. The van der Waals surface area contributed by atoms with Crippen molar-refractivity contribution in [1.29, 1.82) is 0 Å². The van der Waals surface area contributed by atoms with Crippen LogP contribution in [-0.4, -0.2) is 40.7 Å². The van der Waals surface area contributed by atoms with E-state index in [1.54, 1.807) is 24.3 Å². The molecule has 1 heterocycles. The van der Waals surface area contributed by atoms with Crippen molar-refractivity contribution in [1.82, 2.24) is 19.2 Å². The normalized spacial score (nSPS) is 13.0. The number of aromatic nitrogens is 3. The molecule has 1 unspecified atom stereocenters. The molecule has 0 aliphatic rings. The number of nitrogens with two attached hydrogens (primary N) is 1. The van der Waals surface area contributed by atoms with Crippen LogP contribution in [0.2, 0.25) is 0 Å². The van der Waals surface area contributed by atoms with Crippen LogP contribution in [0, 0.1) is 0 Å². The summed E-state index contributed by atoms with van der Waals surface area (Å²) in [5.74, 6) is 6.66. The Labute approximate surface area is 176 Å². The third-order valence-corrected chi connectivity index (χ3v) is 7.81. The van der Waals surface area contributed by atoms with Crippen molar-refractivity contribution < 1.29 is 8.42 Å². The SMILES string of the molecule is CCN(CC)S(=O)(=O)c1cccc(-c2nnc(SC(C)c3ccccc3)n2N)c1. The lowest BCUT2D eigenvalue weighted by Crippen LogP contribution is -2.30. The van der Waals surface area contributed by atoms with Crippen LogP contribution in [0.3, 0.4) is 0 Å². The Bertz CT molecular complexity index is 1060. The quantitative estimate of drug-likeness (QED) is 0.433. The van der Waals surface area contributed by atoms with Crippen LogP contribution < -0.4 is 5.84 Å². The molecular weight excluding hydrogens is 406 g/mol. The van der Waals surface area contributed by atoms with Crippen molar-refractivity contribution in [3.63, 3.8) is 0 Å². The van der Waals surface area contributed by atoms with E-state index in [0.717, 1.165) is 5.56 Å². The molecule has 154 valence electrons. The summed E-state index contributed by atoms with van der Waals surface area (Å²) in [4.78, 5) is 0.216. The first-order valence-electron chi connectivity index (χ1n) is 9.41. The second-order valence-electron chi connectivity index (χ2n) is 6.46. The molecule has 29 heavy (non-hydrogen) atoms. The van der Waals surface area contributed by atoms with E-state index in [1.807, 2.05) is 32.0 Å². The van der Waals surface area contributed by atoms with E-state index in [1.165, 1.54) is 20.7 Å². The van der Waals surface area contributed by atoms with E-state index < -0.39 is 10.0 Å². The average molecular weight is 432 g/mol. The Morgan fingerprint density at radius 2 is 1.76 bits per heavy atom. The largest absolute Gasteiger partial charge is 0.335 e. The first kappa shape index (κ1) is 21.4. The van der Waals surface area contributed by atoms with Crippen LogP contribution in [-0.2, 0) is 10.0 Å². The number of sulfonamides is 1. The highest BCUT2D eigenvalue weighted by Crippen LogP contribution is 2.34. The fourth-order valence-electron chi connectivity index (χ4n) is 3.01. The monoisotopic (exact) mass is 431 g/mol. The van der Waals surface area contributed by atoms with Crippen LogP contribution in [0.1, 0.15) is 31.6 Å². The molecule has 0 bridgehead atoms. The van der Waals surface area contributed by atoms with Crippen LogP contribution in [0.15, 0.2) is 64.6 Å². The van der Waals surface area contributed by atoms with E-state index >= 15 is 0 Å². The molecular formula is C20H25N5O2S2. The first-order valence-corrected chi connectivity index (χ1v) is 11.7. The van der Waals surface area contributed by atoms with Gasteiger partial charge in [-0.2, -0.15) is 4.31 Å². The summed E-state index contributed by atoms with van der Waals surface area (Å²) in [6.07, 6.45) is 0. The summed E-state index contributed by atoms with van der Waals surface area (Å²) in [7, 11) is -3.56. The van der Waals surface area contributed by atoms with Gasteiger partial charge in [0.05, 0.1) is 4.90 Å². The van der Waals surface area contributed by atoms with Crippen molar-refractivity contribution in [3.8, 4) is 11.4 Å². The summed E-state index contributed by atoms with van der Waals surface area (Å²) in [6.45, 7) is 6.53. The predicted molar refractivity (Wildman–Crippen MR) is 116 cm³/mol. The van der Waals surface area contributed by atoms with Gasteiger partial charge in [-0.05, 0) is 24.6 Å². The van der Waals surface area contributed by atoms with Gasteiger partial charge < -0.3 is 5.84 Å². The molecule has 0 radical (unpaired) electrons. The van der Waals surface area contributed by atoms with Gasteiger partial charge in [0.1, 0.15) is 0 Å². The highest BCUT2D eigenvalue weighted by molar-refractivity contribution is 7.99. The number of hydrogen-bond donors (Lipinski definition) is 1. The Morgan fingerprint density at radius 1 is 1.07 bits per heavy atom. The first-order chi connectivity index (χ1) is 13.9. The highest BCUT2D eigenvalue weighted by Gasteiger charge is 2.23. The van der Waals surface area contributed by atoms with Gasteiger partial charge in [0.15, 0.2) is 5.82 Å². The number of nitrogen functional groups attached to an aromatic ring is 1. The summed E-state index contributed by atoms with van der Waals surface area (Å²) >= 11 is 1.50. The highest BCUT2D eigenvalue weighted by atomic mass is 32.2. The molecule has 0 fully saturated rings. The molecule has 0 spiro atoms. The molecule has 7 nitrogen and oxygen atoms in total. The van der Waals surface area contributed by atoms with Crippen LogP contribution >= 0.6 is 11.8 Å². The number of nitrogens with zero attached hydrogens (tertiary/aromatic N) is 4. The van der Waals surface area contributed by atoms with E-state index in [9.17, 15) is 8.42 Å². The van der Waals surface area contributed by atoms with Gasteiger partial charge >= 0.3 is 0 Å². The summed E-state index contributed by atoms with van der Waals surface area (Å²) in [5.41, 5.74) is 1.77. The molecule has 0 amide bonds. The fourth-order valence-corrected chi connectivity index (χ4v) is 5.41. The van der Waals surface area contributed by atoms with Crippen molar-refractivity contribution in [2.75, 3.05) is 18.9 Å². The zero-order chi connectivity index (χ0) is 21.0. The van der Waals surface area contributed by atoms with Crippen molar-refractivity contribution in [3.05, 3.63) is 60.2 Å². The topological polar surface area (TPSA) is 94.1 Å². The number of rotatable bonds is 8. The molecule has 0 aliphatic heterocycles. The maximum Gasteiger partial charge on any atom is 0.243 e. The van der Waals surface area contributed by atoms with Gasteiger partial charge in [0, 0.05) is 23.9 Å². The van der Waals surface area contributed by atoms with E-state index in [2.05, 4.69) is 29.3 Å². The van der Waals surface area contributed by atoms with E-state index in [-0.39, 0.29) is 10.1 Å². The Balaban J connectivity index is 1.89. The lowest BCUT2D eigenvalue weighted by atomic mass is 10.2. The number of benzene rings is 2. The molecule has 0 saturated carbocycles. The Kier molecular flexibility index (Phi) is 6.61. The molecule has 1 aromatic heterocycles. The fraction of sp³-hybridized carbons (Fsp3) is 0.300. The van der Waals surface area contributed by atoms with Crippen molar-refractivity contribution >= 4 is 21.8 Å². The maximum absolute atomic E-state index is 12.8. The lowest BCUT2D eigenvalue weighted by Gasteiger charge is -2.18. The van der Waals surface area contributed by atoms with Gasteiger partial charge in [-0.1, -0.05) is 68.1 Å². The number of thioether (sulfide) groups is 1. The molecule has 0 aliphatic carbocycles. The third kappa shape index (κ3) is 4.47. The smallest absolute Gasteiger partial charge is 0.243 e. The van der Waals surface area contributed by atoms with Gasteiger partial charge in [-0.3, -0.25) is 0 Å². The third-order valence-electron chi connectivity index (χ3n) is 4.65. The summed E-state index contributed by atoms with van der Waals surface area (Å²) in [6, 6.07) is 16.7. The lowest BCUT2D eigenvalue weighted by molar-refractivity contribution is 0.445. The average Bonchev–Trinajstić information content (AvgIpc) is 3.09. The van der Waals surface area contributed by atoms with Gasteiger partial charge in [0.25, 0.3) is 0 Å². The maximum atomic E-state index is 12.8. The van der Waals surface area contributed by atoms with E-state index in [4.69, 9.17) is 5.84 Å². The molecule has 3 rings (SSSR count).